The first kappa shape index (κ1) is 11.1. The molecule has 1 aromatic carbocycles. The minimum Gasteiger partial charge on any atom is -0.323 e. The number of hydrogen-bond acceptors (Lipinski definition) is 2. The van der Waals surface area contributed by atoms with Crippen LogP contribution >= 0.6 is 0 Å². The van der Waals surface area contributed by atoms with E-state index in [1.807, 2.05) is 36.5 Å². The highest BCUT2D eigenvalue weighted by Gasteiger charge is 1.99. The van der Waals surface area contributed by atoms with Gasteiger partial charge in [0.05, 0.1) is 5.69 Å². The van der Waals surface area contributed by atoms with Gasteiger partial charge in [-0.15, -0.1) is 0 Å². The fourth-order valence-electron chi connectivity index (χ4n) is 1.45. The summed E-state index contributed by atoms with van der Waals surface area (Å²) in [6.45, 7) is 1.81. The van der Waals surface area contributed by atoms with E-state index in [0.29, 0.717) is 0 Å². The average Bonchev–Trinajstić information content (AvgIpc) is 2.84. The van der Waals surface area contributed by atoms with E-state index in [4.69, 9.17) is 0 Å². The number of amides is 1. The van der Waals surface area contributed by atoms with Crippen LogP contribution < -0.4 is 5.32 Å². The Labute approximate surface area is 99.6 Å². The fourth-order valence-corrected chi connectivity index (χ4v) is 1.45. The number of rotatable bonds is 3. The van der Waals surface area contributed by atoms with Crippen molar-refractivity contribution in [2.24, 2.45) is 0 Å². The lowest BCUT2D eigenvalue weighted by molar-refractivity contribution is -0.111. The number of aromatic nitrogens is 2. The molecule has 0 fully saturated rings. The van der Waals surface area contributed by atoms with Gasteiger partial charge in [0.15, 0.2) is 0 Å². The van der Waals surface area contributed by atoms with Gasteiger partial charge in [-0.05, 0) is 43.3 Å². The second kappa shape index (κ2) is 5.12. The summed E-state index contributed by atoms with van der Waals surface area (Å²) in [7, 11) is 0. The van der Waals surface area contributed by atoms with Crippen LogP contribution in [0.3, 0.4) is 0 Å². The average molecular weight is 227 g/mol. The smallest absolute Gasteiger partial charge is 0.248 e. The minimum atomic E-state index is -0.126. The molecular formula is C13H13N3O. The van der Waals surface area contributed by atoms with Crippen molar-refractivity contribution in [1.82, 2.24) is 9.78 Å². The number of allylic oxidation sites excluding steroid dienone is 1. The van der Waals surface area contributed by atoms with Crippen LogP contribution in [-0.4, -0.2) is 15.7 Å². The predicted molar refractivity (Wildman–Crippen MR) is 67.0 cm³/mol. The quantitative estimate of drug-likeness (QED) is 0.818. The third-order valence-electron chi connectivity index (χ3n) is 2.22. The van der Waals surface area contributed by atoms with Gasteiger partial charge in [-0.3, -0.25) is 4.79 Å². The molecule has 0 spiro atoms. The Morgan fingerprint density at radius 1 is 1.35 bits per heavy atom. The molecule has 1 amide bonds. The molecule has 0 radical (unpaired) electrons. The summed E-state index contributed by atoms with van der Waals surface area (Å²) in [5, 5.41) is 6.88. The van der Waals surface area contributed by atoms with Crippen molar-refractivity contribution in [2.45, 2.75) is 6.92 Å². The van der Waals surface area contributed by atoms with Gasteiger partial charge in [-0.25, -0.2) is 4.68 Å². The number of nitrogens with one attached hydrogen (secondary N) is 1. The Kier molecular flexibility index (Phi) is 3.35. The van der Waals surface area contributed by atoms with E-state index in [1.165, 1.54) is 6.08 Å². The van der Waals surface area contributed by atoms with Crippen molar-refractivity contribution in [2.75, 3.05) is 5.32 Å². The summed E-state index contributed by atoms with van der Waals surface area (Å²) in [6, 6.07) is 9.36. The van der Waals surface area contributed by atoms with Gasteiger partial charge in [0.25, 0.3) is 0 Å². The summed E-state index contributed by atoms with van der Waals surface area (Å²) < 4.78 is 1.76. The first-order valence-electron chi connectivity index (χ1n) is 5.33. The third-order valence-corrected chi connectivity index (χ3v) is 2.22. The van der Waals surface area contributed by atoms with Crippen LogP contribution in [-0.2, 0) is 4.79 Å². The molecule has 1 heterocycles. The van der Waals surface area contributed by atoms with E-state index in [2.05, 4.69) is 10.4 Å². The maximum absolute atomic E-state index is 11.3. The van der Waals surface area contributed by atoms with Crippen LogP contribution in [0.25, 0.3) is 5.69 Å². The Bertz CT molecular complexity index is 512. The molecule has 1 aromatic heterocycles. The molecule has 0 bridgehead atoms. The number of carbonyl (C=O) groups excluding carboxylic acids is 1. The monoisotopic (exact) mass is 227 g/mol. The molecule has 0 aliphatic carbocycles. The zero-order chi connectivity index (χ0) is 12.1. The van der Waals surface area contributed by atoms with Gasteiger partial charge in [-0.1, -0.05) is 6.08 Å². The van der Waals surface area contributed by atoms with E-state index in [9.17, 15) is 4.79 Å². The summed E-state index contributed by atoms with van der Waals surface area (Å²) in [5.41, 5.74) is 1.73. The zero-order valence-corrected chi connectivity index (χ0v) is 9.50. The topological polar surface area (TPSA) is 46.9 Å². The van der Waals surface area contributed by atoms with Crippen LogP contribution in [0.4, 0.5) is 5.69 Å². The molecule has 2 rings (SSSR count). The Hall–Kier alpha value is -2.36. The van der Waals surface area contributed by atoms with Gasteiger partial charge in [0, 0.05) is 18.1 Å². The molecule has 0 aliphatic heterocycles. The van der Waals surface area contributed by atoms with Crippen LogP contribution in [0.2, 0.25) is 0 Å². The minimum absolute atomic E-state index is 0.126. The van der Waals surface area contributed by atoms with Crippen LogP contribution in [0, 0.1) is 0 Å². The molecule has 1 N–H and O–H groups in total. The predicted octanol–water partition coefficient (Wildman–Crippen LogP) is 2.39. The highest BCUT2D eigenvalue weighted by atomic mass is 16.1. The first-order valence-corrected chi connectivity index (χ1v) is 5.33. The third kappa shape index (κ3) is 2.81. The lowest BCUT2D eigenvalue weighted by atomic mass is 10.3. The standard InChI is InChI=1S/C13H13N3O/c1-2-4-13(17)15-11-5-7-12(8-6-11)16-10-3-9-14-16/h2-10H,1H3,(H,15,17)/b4-2+. The number of carbonyl (C=O) groups is 1. The summed E-state index contributed by atoms with van der Waals surface area (Å²) in [6.07, 6.45) is 6.78. The second-order valence-electron chi connectivity index (χ2n) is 3.49. The van der Waals surface area contributed by atoms with Crippen molar-refractivity contribution in [3.05, 3.63) is 54.9 Å². The van der Waals surface area contributed by atoms with Crippen molar-refractivity contribution in [1.29, 1.82) is 0 Å². The SMILES string of the molecule is C/C=C/C(=O)Nc1ccc(-n2cccn2)cc1. The van der Waals surface area contributed by atoms with Crippen LogP contribution in [0.5, 0.6) is 0 Å². The van der Waals surface area contributed by atoms with Crippen molar-refractivity contribution in [3.63, 3.8) is 0 Å². The molecule has 4 nitrogen and oxygen atoms in total. The number of benzene rings is 1. The van der Waals surface area contributed by atoms with E-state index in [-0.39, 0.29) is 5.91 Å². The Balaban J connectivity index is 2.11. The summed E-state index contributed by atoms with van der Waals surface area (Å²) in [5.74, 6) is -0.126. The van der Waals surface area contributed by atoms with Gasteiger partial charge < -0.3 is 5.32 Å². The molecule has 0 unspecified atom stereocenters. The van der Waals surface area contributed by atoms with Crippen LogP contribution in [0.15, 0.2) is 54.9 Å². The molecule has 0 atom stereocenters. The Morgan fingerprint density at radius 3 is 2.71 bits per heavy atom. The lowest BCUT2D eigenvalue weighted by Crippen LogP contribution is -2.07. The number of anilines is 1. The van der Waals surface area contributed by atoms with E-state index in [1.54, 1.807) is 23.9 Å². The first-order chi connectivity index (χ1) is 8.29. The maximum Gasteiger partial charge on any atom is 0.248 e. The number of nitrogens with zero attached hydrogens (tertiary/aromatic N) is 2. The maximum atomic E-state index is 11.3. The summed E-state index contributed by atoms with van der Waals surface area (Å²) in [4.78, 5) is 11.3. The van der Waals surface area contributed by atoms with E-state index >= 15 is 0 Å². The fraction of sp³-hybridized carbons (Fsp3) is 0.0769. The van der Waals surface area contributed by atoms with Gasteiger partial charge >= 0.3 is 0 Å². The van der Waals surface area contributed by atoms with E-state index < -0.39 is 0 Å². The Morgan fingerprint density at radius 2 is 2.12 bits per heavy atom. The molecule has 4 heteroatoms. The van der Waals surface area contributed by atoms with Crippen molar-refractivity contribution >= 4 is 11.6 Å². The zero-order valence-electron chi connectivity index (χ0n) is 9.50. The summed E-state index contributed by atoms with van der Waals surface area (Å²) >= 11 is 0. The molecule has 17 heavy (non-hydrogen) atoms. The molecular weight excluding hydrogens is 214 g/mol. The molecule has 0 aliphatic rings. The molecule has 2 aromatic rings. The van der Waals surface area contributed by atoms with Crippen molar-refractivity contribution in [3.8, 4) is 5.69 Å². The lowest BCUT2D eigenvalue weighted by Gasteiger charge is -2.04. The van der Waals surface area contributed by atoms with Gasteiger partial charge in [0.2, 0.25) is 5.91 Å². The normalized spacial score (nSPS) is 10.6. The molecule has 0 saturated carbocycles. The number of hydrogen-bond donors (Lipinski definition) is 1. The molecule has 0 saturated heterocycles. The molecule has 86 valence electrons. The van der Waals surface area contributed by atoms with E-state index in [0.717, 1.165) is 11.4 Å². The highest BCUT2D eigenvalue weighted by molar-refractivity contribution is 5.99. The second-order valence-corrected chi connectivity index (χ2v) is 3.49. The van der Waals surface area contributed by atoms with Crippen LogP contribution in [0.1, 0.15) is 6.92 Å². The van der Waals surface area contributed by atoms with Crippen molar-refractivity contribution < 1.29 is 4.79 Å². The highest BCUT2D eigenvalue weighted by Crippen LogP contribution is 2.12. The van der Waals surface area contributed by atoms with Gasteiger partial charge in [-0.2, -0.15) is 5.10 Å². The largest absolute Gasteiger partial charge is 0.323 e. The van der Waals surface area contributed by atoms with Gasteiger partial charge in [0.1, 0.15) is 0 Å².